The second kappa shape index (κ2) is 7.53. The standard InChI is InChI=1S/C14H23N3O3S/c1-4-13(16-5-2)11-7-6-8-12(9-11)21(19,20)17(3)10-14(15)18/h6-9,13,16H,4-5,10H2,1-3H3,(H2,15,18). The highest BCUT2D eigenvalue weighted by atomic mass is 32.2. The van der Waals surface area contributed by atoms with Gasteiger partial charge in [0.25, 0.3) is 0 Å². The first-order valence-corrected chi connectivity index (χ1v) is 8.34. The third-order valence-electron chi connectivity index (χ3n) is 3.21. The van der Waals surface area contributed by atoms with Gasteiger partial charge in [-0.15, -0.1) is 0 Å². The Hall–Kier alpha value is -1.44. The van der Waals surface area contributed by atoms with Crippen molar-refractivity contribution in [1.29, 1.82) is 0 Å². The molecule has 0 aliphatic heterocycles. The van der Waals surface area contributed by atoms with Gasteiger partial charge in [-0.2, -0.15) is 4.31 Å². The Bertz CT molecular complexity index is 587. The first-order valence-electron chi connectivity index (χ1n) is 6.90. The summed E-state index contributed by atoms with van der Waals surface area (Å²) in [6.07, 6.45) is 0.856. The van der Waals surface area contributed by atoms with E-state index in [2.05, 4.69) is 5.32 Å². The Morgan fingerprint density at radius 2 is 2.05 bits per heavy atom. The molecule has 0 saturated heterocycles. The fraction of sp³-hybridized carbons (Fsp3) is 0.500. The van der Waals surface area contributed by atoms with Crippen molar-refractivity contribution < 1.29 is 13.2 Å². The number of rotatable bonds is 8. The summed E-state index contributed by atoms with van der Waals surface area (Å²) in [4.78, 5) is 11.1. The van der Waals surface area contributed by atoms with Gasteiger partial charge in [-0.1, -0.05) is 26.0 Å². The van der Waals surface area contributed by atoms with Crippen LogP contribution in [0.15, 0.2) is 29.2 Å². The van der Waals surface area contributed by atoms with Gasteiger partial charge in [-0.25, -0.2) is 8.42 Å². The summed E-state index contributed by atoms with van der Waals surface area (Å²) in [6, 6.07) is 6.87. The Kier molecular flexibility index (Phi) is 6.32. The second-order valence-electron chi connectivity index (χ2n) is 4.82. The average molecular weight is 313 g/mol. The molecule has 0 aliphatic carbocycles. The molecule has 0 spiro atoms. The van der Waals surface area contributed by atoms with Crippen LogP contribution in [0.2, 0.25) is 0 Å². The number of benzene rings is 1. The Balaban J connectivity index is 3.11. The lowest BCUT2D eigenvalue weighted by molar-refractivity contribution is -0.118. The molecule has 1 aromatic rings. The van der Waals surface area contributed by atoms with Crippen LogP contribution < -0.4 is 11.1 Å². The van der Waals surface area contributed by atoms with Crippen molar-refractivity contribution in [3.63, 3.8) is 0 Å². The molecule has 0 heterocycles. The van der Waals surface area contributed by atoms with Crippen molar-refractivity contribution in [3.05, 3.63) is 29.8 Å². The molecule has 0 bridgehead atoms. The largest absolute Gasteiger partial charge is 0.369 e. The number of sulfonamides is 1. The number of likely N-dealkylation sites (N-methyl/N-ethyl adjacent to an activating group) is 1. The Labute approximate surface area is 126 Å². The molecule has 6 nitrogen and oxygen atoms in total. The fourth-order valence-electron chi connectivity index (χ4n) is 2.12. The number of carbonyl (C=O) groups excluding carboxylic acids is 1. The van der Waals surface area contributed by atoms with Crippen LogP contribution >= 0.6 is 0 Å². The highest BCUT2D eigenvalue weighted by molar-refractivity contribution is 7.89. The second-order valence-corrected chi connectivity index (χ2v) is 6.86. The molecular formula is C14H23N3O3S. The predicted molar refractivity (Wildman–Crippen MR) is 82.2 cm³/mol. The number of hydrogen-bond acceptors (Lipinski definition) is 4. The number of amides is 1. The van der Waals surface area contributed by atoms with Gasteiger partial charge in [0, 0.05) is 13.1 Å². The third kappa shape index (κ3) is 4.52. The van der Waals surface area contributed by atoms with Crippen LogP contribution in [-0.2, 0) is 14.8 Å². The van der Waals surface area contributed by atoms with E-state index in [1.807, 2.05) is 19.9 Å². The number of hydrogen-bond donors (Lipinski definition) is 2. The van der Waals surface area contributed by atoms with Crippen LogP contribution in [0.1, 0.15) is 31.9 Å². The topological polar surface area (TPSA) is 92.5 Å². The molecule has 0 aromatic heterocycles. The fourth-order valence-corrected chi connectivity index (χ4v) is 3.31. The lowest BCUT2D eigenvalue weighted by Crippen LogP contribution is -2.35. The van der Waals surface area contributed by atoms with E-state index < -0.39 is 15.9 Å². The molecule has 1 atom stereocenters. The minimum absolute atomic E-state index is 0.103. The molecule has 1 unspecified atom stereocenters. The number of carbonyl (C=O) groups is 1. The van der Waals surface area contributed by atoms with Crippen molar-refractivity contribution in [1.82, 2.24) is 9.62 Å². The summed E-state index contributed by atoms with van der Waals surface area (Å²) in [5, 5.41) is 3.31. The number of nitrogens with one attached hydrogen (secondary N) is 1. The molecule has 118 valence electrons. The summed E-state index contributed by atoms with van der Waals surface area (Å²) in [6.45, 7) is 4.51. The summed E-state index contributed by atoms with van der Waals surface area (Å²) in [5.41, 5.74) is 5.96. The van der Waals surface area contributed by atoms with Gasteiger partial charge in [0.15, 0.2) is 0 Å². The van der Waals surface area contributed by atoms with E-state index in [0.717, 1.165) is 22.8 Å². The molecule has 21 heavy (non-hydrogen) atoms. The van der Waals surface area contributed by atoms with E-state index in [4.69, 9.17) is 5.73 Å². The number of nitrogens with two attached hydrogens (primary N) is 1. The molecule has 3 N–H and O–H groups in total. The maximum absolute atomic E-state index is 12.4. The zero-order valence-corrected chi connectivity index (χ0v) is 13.5. The number of nitrogens with zero attached hydrogens (tertiary/aromatic N) is 1. The van der Waals surface area contributed by atoms with Gasteiger partial charge >= 0.3 is 0 Å². The van der Waals surface area contributed by atoms with Crippen molar-refractivity contribution in [2.24, 2.45) is 5.73 Å². The van der Waals surface area contributed by atoms with Gasteiger partial charge in [-0.3, -0.25) is 4.79 Å². The molecule has 1 rings (SSSR count). The van der Waals surface area contributed by atoms with Crippen LogP contribution in [0.3, 0.4) is 0 Å². The maximum Gasteiger partial charge on any atom is 0.243 e. The molecule has 0 radical (unpaired) electrons. The lowest BCUT2D eigenvalue weighted by Gasteiger charge is -2.19. The zero-order chi connectivity index (χ0) is 16.0. The van der Waals surface area contributed by atoms with Crippen LogP contribution in [0.25, 0.3) is 0 Å². The van der Waals surface area contributed by atoms with Crippen LogP contribution in [0, 0.1) is 0 Å². The molecule has 0 fully saturated rings. The predicted octanol–water partition coefficient (Wildman–Crippen LogP) is 0.853. The number of primary amides is 1. The summed E-state index contributed by atoms with van der Waals surface area (Å²) >= 11 is 0. The van der Waals surface area contributed by atoms with Crippen LogP contribution in [0.4, 0.5) is 0 Å². The SMILES string of the molecule is CCNC(CC)c1cccc(S(=O)(=O)N(C)CC(N)=O)c1. The summed E-state index contributed by atoms with van der Waals surface area (Å²) in [7, 11) is -2.37. The van der Waals surface area contributed by atoms with E-state index in [9.17, 15) is 13.2 Å². The van der Waals surface area contributed by atoms with E-state index in [1.165, 1.54) is 13.1 Å². The minimum atomic E-state index is -3.71. The van der Waals surface area contributed by atoms with E-state index in [1.54, 1.807) is 12.1 Å². The van der Waals surface area contributed by atoms with Crippen molar-refractivity contribution in [3.8, 4) is 0 Å². The van der Waals surface area contributed by atoms with Crippen molar-refractivity contribution in [2.75, 3.05) is 20.1 Å². The van der Waals surface area contributed by atoms with Crippen LogP contribution in [-0.4, -0.2) is 38.8 Å². The van der Waals surface area contributed by atoms with Crippen molar-refractivity contribution >= 4 is 15.9 Å². The molecular weight excluding hydrogens is 290 g/mol. The van der Waals surface area contributed by atoms with E-state index in [-0.39, 0.29) is 17.5 Å². The van der Waals surface area contributed by atoms with Gasteiger partial charge in [0.2, 0.25) is 15.9 Å². The normalized spacial score (nSPS) is 13.3. The van der Waals surface area contributed by atoms with E-state index >= 15 is 0 Å². The minimum Gasteiger partial charge on any atom is -0.369 e. The highest BCUT2D eigenvalue weighted by Gasteiger charge is 2.23. The Morgan fingerprint density at radius 3 is 2.57 bits per heavy atom. The summed E-state index contributed by atoms with van der Waals surface area (Å²) < 4.78 is 25.7. The van der Waals surface area contributed by atoms with Crippen molar-refractivity contribution in [2.45, 2.75) is 31.2 Å². The maximum atomic E-state index is 12.4. The van der Waals surface area contributed by atoms with Crippen LogP contribution in [0.5, 0.6) is 0 Å². The Morgan fingerprint density at radius 1 is 1.38 bits per heavy atom. The molecule has 0 saturated carbocycles. The monoisotopic (exact) mass is 313 g/mol. The smallest absolute Gasteiger partial charge is 0.243 e. The lowest BCUT2D eigenvalue weighted by atomic mass is 10.0. The molecule has 1 aromatic carbocycles. The van der Waals surface area contributed by atoms with Gasteiger partial charge in [0.05, 0.1) is 11.4 Å². The highest BCUT2D eigenvalue weighted by Crippen LogP contribution is 2.21. The molecule has 0 aliphatic rings. The zero-order valence-electron chi connectivity index (χ0n) is 12.7. The van der Waals surface area contributed by atoms with E-state index in [0.29, 0.717) is 0 Å². The van der Waals surface area contributed by atoms with Gasteiger partial charge in [0.1, 0.15) is 0 Å². The van der Waals surface area contributed by atoms with Gasteiger partial charge in [-0.05, 0) is 30.7 Å². The summed E-state index contributed by atoms with van der Waals surface area (Å²) in [5.74, 6) is -0.684. The first-order chi connectivity index (χ1) is 9.82. The van der Waals surface area contributed by atoms with Gasteiger partial charge < -0.3 is 11.1 Å². The molecule has 1 amide bonds. The first kappa shape index (κ1) is 17.6. The average Bonchev–Trinajstić information content (AvgIpc) is 2.44. The third-order valence-corrected chi connectivity index (χ3v) is 5.01. The quantitative estimate of drug-likeness (QED) is 0.744. The molecule has 7 heteroatoms.